The smallest absolute Gasteiger partial charge is 0.257 e. The number of hydrogen-bond acceptors (Lipinski definition) is 5. The molecule has 1 aliphatic rings. The molecule has 1 N–H and O–H groups in total. The van der Waals surface area contributed by atoms with Gasteiger partial charge in [0.25, 0.3) is 5.91 Å². The average molecular weight is 362 g/mol. The van der Waals surface area contributed by atoms with Crippen molar-refractivity contribution in [2.24, 2.45) is 7.05 Å². The molecule has 27 heavy (non-hydrogen) atoms. The maximum Gasteiger partial charge on any atom is 0.257 e. The lowest BCUT2D eigenvalue weighted by Gasteiger charge is -2.20. The van der Waals surface area contributed by atoms with Crippen LogP contribution in [0.15, 0.2) is 42.7 Å². The van der Waals surface area contributed by atoms with Gasteiger partial charge < -0.3 is 10.2 Å². The average Bonchev–Trinajstić information content (AvgIpc) is 2.89. The lowest BCUT2D eigenvalue weighted by molar-refractivity contribution is 0.0761. The summed E-state index contributed by atoms with van der Waals surface area (Å²) in [5.74, 6) is 0.480. The SMILES string of the molecule is CNc1ncc(C(=O)N2CCc3c(-c4ccccc4)nn(C)c3CC2)cn1. The largest absolute Gasteiger partial charge is 0.357 e. The Balaban J connectivity index is 1.57. The van der Waals surface area contributed by atoms with Crippen molar-refractivity contribution in [3.05, 3.63) is 59.5 Å². The van der Waals surface area contributed by atoms with Gasteiger partial charge in [-0.15, -0.1) is 0 Å². The Morgan fingerprint density at radius 3 is 2.48 bits per heavy atom. The summed E-state index contributed by atoms with van der Waals surface area (Å²) in [5.41, 5.74) is 5.09. The highest BCUT2D eigenvalue weighted by Crippen LogP contribution is 2.28. The second-order valence-electron chi connectivity index (χ2n) is 6.60. The molecule has 1 amide bonds. The zero-order valence-electron chi connectivity index (χ0n) is 15.5. The van der Waals surface area contributed by atoms with Crippen molar-refractivity contribution in [3.8, 4) is 11.3 Å². The predicted octanol–water partition coefficient (Wildman–Crippen LogP) is 2.16. The zero-order chi connectivity index (χ0) is 18.8. The van der Waals surface area contributed by atoms with E-state index in [0.717, 1.165) is 24.1 Å². The Morgan fingerprint density at radius 2 is 1.78 bits per heavy atom. The minimum Gasteiger partial charge on any atom is -0.357 e. The first-order chi connectivity index (χ1) is 13.2. The molecule has 0 unspecified atom stereocenters. The van der Waals surface area contributed by atoms with E-state index in [0.29, 0.717) is 24.6 Å². The maximum atomic E-state index is 12.9. The van der Waals surface area contributed by atoms with Gasteiger partial charge >= 0.3 is 0 Å². The Labute approximate surface area is 158 Å². The molecule has 0 fully saturated rings. The van der Waals surface area contributed by atoms with Gasteiger partial charge in [0.05, 0.1) is 11.3 Å². The van der Waals surface area contributed by atoms with E-state index >= 15 is 0 Å². The summed E-state index contributed by atoms with van der Waals surface area (Å²) >= 11 is 0. The Morgan fingerprint density at radius 1 is 1.07 bits per heavy atom. The third kappa shape index (κ3) is 3.28. The number of fused-ring (bicyclic) bond motifs is 1. The summed E-state index contributed by atoms with van der Waals surface area (Å²) in [6.45, 7) is 1.32. The molecule has 1 aromatic carbocycles. The van der Waals surface area contributed by atoms with Crippen LogP contribution < -0.4 is 5.32 Å². The molecule has 138 valence electrons. The monoisotopic (exact) mass is 362 g/mol. The number of aryl methyl sites for hydroxylation is 1. The number of nitrogens with one attached hydrogen (secondary N) is 1. The molecule has 3 heterocycles. The molecule has 0 bridgehead atoms. The van der Waals surface area contributed by atoms with Gasteiger partial charge in [-0.1, -0.05) is 30.3 Å². The number of benzene rings is 1. The van der Waals surface area contributed by atoms with Crippen LogP contribution in [0, 0.1) is 0 Å². The van der Waals surface area contributed by atoms with Gasteiger partial charge in [0.2, 0.25) is 5.95 Å². The molecule has 1 aliphatic heterocycles. The molecular weight excluding hydrogens is 340 g/mol. The van der Waals surface area contributed by atoms with Gasteiger partial charge in [0, 0.05) is 62.8 Å². The number of hydrogen-bond donors (Lipinski definition) is 1. The van der Waals surface area contributed by atoms with Crippen molar-refractivity contribution in [1.29, 1.82) is 0 Å². The number of amides is 1. The molecule has 7 heteroatoms. The van der Waals surface area contributed by atoms with Crippen LogP contribution in [0.25, 0.3) is 11.3 Å². The van der Waals surface area contributed by atoms with Crippen LogP contribution in [0.5, 0.6) is 0 Å². The van der Waals surface area contributed by atoms with Gasteiger partial charge in [0.1, 0.15) is 0 Å². The predicted molar refractivity (Wildman–Crippen MR) is 104 cm³/mol. The number of aromatic nitrogens is 4. The molecule has 4 rings (SSSR count). The van der Waals surface area contributed by atoms with Gasteiger partial charge in [-0.25, -0.2) is 9.97 Å². The summed E-state index contributed by atoms with van der Waals surface area (Å²) in [4.78, 5) is 23.0. The van der Waals surface area contributed by atoms with E-state index < -0.39 is 0 Å². The van der Waals surface area contributed by atoms with Gasteiger partial charge in [-0.05, 0) is 6.42 Å². The van der Waals surface area contributed by atoms with Crippen LogP contribution in [-0.4, -0.2) is 50.7 Å². The first kappa shape index (κ1) is 17.2. The van der Waals surface area contributed by atoms with Crippen molar-refractivity contribution in [2.45, 2.75) is 12.8 Å². The second kappa shape index (κ2) is 7.19. The molecule has 3 aromatic rings. The van der Waals surface area contributed by atoms with E-state index in [-0.39, 0.29) is 5.91 Å². The number of carbonyl (C=O) groups excluding carboxylic acids is 1. The number of rotatable bonds is 3. The van der Waals surface area contributed by atoms with Crippen molar-refractivity contribution >= 4 is 11.9 Å². The molecule has 0 saturated carbocycles. The molecule has 0 radical (unpaired) electrons. The standard InChI is InChI=1S/C20H22N6O/c1-21-20-22-12-15(13-23-20)19(27)26-10-8-16-17(9-11-26)25(2)24-18(16)14-6-4-3-5-7-14/h3-7,12-13H,8-11H2,1-2H3,(H,21,22,23). The molecule has 0 aliphatic carbocycles. The fourth-order valence-electron chi connectivity index (χ4n) is 3.56. The molecule has 2 aromatic heterocycles. The first-order valence-electron chi connectivity index (χ1n) is 9.06. The second-order valence-corrected chi connectivity index (χ2v) is 6.60. The number of carbonyl (C=O) groups is 1. The lowest BCUT2D eigenvalue weighted by Crippen LogP contribution is -2.33. The normalized spacial score (nSPS) is 13.8. The minimum atomic E-state index is -0.0281. The van der Waals surface area contributed by atoms with Gasteiger partial charge in [-0.3, -0.25) is 9.48 Å². The van der Waals surface area contributed by atoms with Crippen molar-refractivity contribution in [2.75, 3.05) is 25.5 Å². The summed E-state index contributed by atoms with van der Waals surface area (Å²) < 4.78 is 1.95. The topological polar surface area (TPSA) is 75.9 Å². The van der Waals surface area contributed by atoms with Crippen LogP contribution in [0.3, 0.4) is 0 Å². The number of anilines is 1. The van der Waals surface area contributed by atoms with E-state index in [2.05, 4.69) is 27.4 Å². The third-order valence-corrected chi connectivity index (χ3v) is 4.98. The lowest BCUT2D eigenvalue weighted by atomic mass is 10.0. The molecular formula is C20H22N6O. The summed E-state index contributed by atoms with van der Waals surface area (Å²) in [7, 11) is 3.73. The first-order valence-corrected chi connectivity index (χ1v) is 9.06. The fraction of sp³-hybridized carbons (Fsp3) is 0.300. The highest BCUT2D eigenvalue weighted by Gasteiger charge is 2.25. The van der Waals surface area contributed by atoms with E-state index in [4.69, 9.17) is 5.10 Å². The Hall–Kier alpha value is -3.22. The van der Waals surface area contributed by atoms with E-state index in [1.54, 1.807) is 19.4 Å². The summed E-state index contributed by atoms with van der Waals surface area (Å²) in [5, 5.41) is 7.60. The minimum absolute atomic E-state index is 0.0281. The van der Waals surface area contributed by atoms with E-state index in [1.807, 2.05) is 34.8 Å². The van der Waals surface area contributed by atoms with Gasteiger partial charge in [0.15, 0.2) is 0 Å². The van der Waals surface area contributed by atoms with Gasteiger partial charge in [-0.2, -0.15) is 5.10 Å². The van der Waals surface area contributed by atoms with Crippen LogP contribution in [0.2, 0.25) is 0 Å². The highest BCUT2D eigenvalue weighted by atomic mass is 16.2. The van der Waals surface area contributed by atoms with E-state index in [1.165, 1.54) is 11.3 Å². The third-order valence-electron chi connectivity index (χ3n) is 4.98. The molecule has 7 nitrogen and oxygen atoms in total. The summed E-state index contributed by atoms with van der Waals surface area (Å²) in [6, 6.07) is 10.2. The van der Waals surface area contributed by atoms with Crippen LogP contribution in [0.1, 0.15) is 21.6 Å². The number of nitrogens with zero attached hydrogens (tertiary/aromatic N) is 5. The van der Waals surface area contributed by atoms with Crippen molar-refractivity contribution in [1.82, 2.24) is 24.6 Å². The Bertz CT molecular complexity index is 949. The van der Waals surface area contributed by atoms with Crippen LogP contribution in [-0.2, 0) is 19.9 Å². The van der Waals surface area contributed by atoms with Crippen molar-refractivity contribution < 1.29 is 4.79 Å². The summed E-state index contributed by atoms with van der Waals surface area (Å²) in [6.07, 6.45) is 4.73. The van der Waals surface area contributed by atoms with Crippen LogP contribution >= 0.6 is 0 Å². The zero-order valence-corrected chi connectivity index (χ0v) is 15.5. The van der Waals surface area contributed by atoms with E-state index in [9.17, 15) is 4.79 Å². The Kier molecular flexibility index (Phi) is 4.58. The highest BCUT2D eigenvalue weighted by molar-refractivity contribution is 5.93. The molecule has 0 atom stereocenters. The molecule has 0 saturated heterocycles. The fourth-order valence-corrected chi connectivity index (χ4v) is 3.56. The van der Waals surface area contributed by atoms with Crippen molar-refractivity contribution in [3.63, 3.8) is 0 Å². The maximum absolute atomic E-state index is 12.9. The quantitative estimate of drug-likeness (QED) is 0.773. The molecule has 0 spiro atoms. The van der Waals surface area contributed by atoms with Crippen LogP contribution in [0.4, 0.5) is 5.95 Å².